The Bertz CT molecular complexity index is 476. The van der Waals surface area contributed by atoms with E-state index in [-0.39, 0.29) is 0 Å². The fourth-order valence-corrected chi connectivity index (χ4v) is 3.82. The lowest BCUT2D eigenvalue weighted by molar-refractivity contribution is 0.835. The topological polar surface area (TPSA) is 30.7 Å². The van der Waals surface area contributed by atoms with Crippen LogP contribution < -0.4 is 0 Å². The van der Waals surface area contributed by atoms with Crippen LogP contribution in [-0.4, -0.2) is 28.2 Å². The molecule has 0 spiro atoms. The first-order valence-electron chi connectivity index (χ1n) is 5.64. The van der Waals surface area contributed by atoms with Gasteiger partial charge in [0.1, 0.15) is 6.33 Å². The average molecular weight is 263 g/mol. The Morgan fingerprint density at radius 2 is 1.88 bits per heavy atom. The van der Waals surface area contributed by atoms with Gasteiger partial charge in [-0.1, -0.05) is 49.6 Å². The van der Waals surface area contributed by atoms with Gasteiger partial charge in [-0.05, 0) is 17.5 Å². The monoisotopic (exact) mass is 263 g/mol. The SMILES string of the molecule is C[Si](C)(C)CSc1ncn(-c2ccccc2)n1. The molecule has 3 nitrogen and oxygen atoms in total. The zero-order chi connectivity index (χ0) is 12.3. The standard InChI is InChI=1S/C12H17N3SSi/c1-17(2,3)10-16-12-13-9-15(14-12)11-7-5-4-6-8-11/h4-9H,10H2,1-3H3. The first-order valence-corrected chi connectivity index (χ1v) is 10.3. The van der Waals surface area contributed by atoms with E-state index in [1.807, 2.05) is 35.0 Å². The Morgan fingerprint density at radius 3 is 2.53 bits per heavy atom. The van der Waals surface area contributed by atoms with Crippen molar-refractivity contribution in [1.82, 2.24) is 14.8 Å². The van der Waals surface area contributed by atoms with Crippen LogP contribution in [0.15, 0.2) is 41.8 Å². The summed E-state index contributed by atoms with van der Waals surface area (Å²) in [4.78, 5) is 4.33. The van der Waals surface area contributed by atoms with Crippen molar-refractivity contribution >= 4 is 19.8 Å². The van der Waals surface area contributed by atoms with E-state index < -0.39 is 8.07 Å². The van der Waals surface area contributed by atoms with E-state index in [0.29, 0.717) is 0 Å². The lowest BCUT2D eigenvalue weighted by Gasteiger charge is -2.12. The van der Waals surface area contributed by atoms with Crippen LogP contribution in [0.2, 0.25) is 19.6 Å². The Kier molecular flexibility index (Phi) is 3.68. The molecule has 0 aliphatic heterocycles. The molecule has 0 saturated heterocycles. The van der Waals surface area contributed by atoms with Gasteiger partial charge >= 0.3 is 0 Å². The summed E-state index contributed by atoms with van der Waals surface area (Å²) in [5, 5.41) is 6.50. The maximum atomic E-state index is 4.47. The van der Waals surface area contributed by atoms with Crippen molar-refractivity contribution in [2.75, 3.05) is 5.38 Å². The van der Waals surface area contributed by atoms with Crippen molar-refractivity contribution in [2.24, 2.45) is 0 Å². The predicted molar refractivity (Wildman–Crippen MR) is 75.4 cm³/mol. The van der Waals surface area contributed by atoms with E-state index >= 15 is 0 Å². The number of nitrogens with zero attached hydrogens (tertiary/aromatic N) is 3. The molecule has 0 saturated carbocycles. The van der Waals surface area contributed by atoms with Crippen LogP contribution in [0, 0.1) is 0 Å². The molecule has 0 aliphatic carbocycles. The van der Waals surface area contributed by atoms with E-state index in [2.05, 4.69) is 29.7 Å². The summed E-state index contributed by atoms with van der Waals surface area (Å²) < 4.78 is 1.83. The molecule has 0 bridgehead atoms. The molecule has 0 fully saturated rings. The van der Waals surface area contributed by atoms with Crippen molar-refractivity contribution in [2.45, 2.75) is 24.8 Å². The molecule has 0 radical (unpaired) electrons. The minimum absolute atomic E-state index is 0.872. The lowest BCUT2D eigenvalue weighted by Crippen LogP contribution is -2.23. The van der Waals surface area contributed by atoms with E-state index in [1.165, 1.54) is 0 Å². The van der Waals surface area contributed by atoms with Gasteiger partial charge in [0.05, 0.1) is 13.8 Å². The number of hydrogen-bond donors (Lipinski definition) is 0. The zero-order valence-electron chi connectivity index (χ0n) is 10.4. The molecule has 0 N–H and O–H groups in total. The van der Waals surface area contributed by atoms with Crippen LogP contribution in [0.3, 0.4) is 0 Å². The molecule has 2 aromatic rings. The van der Waals surface area contributed by atoms with Crippen molar-refractivity contribution < 1.29 is 0 Å². The molecule has 0 amide bonds. The molecule has 0 aliphatic rings. The predicted octanol–water partition coefficient (Wildman–Crippen LogP) is 3.24. The van der Waals surface area contributed by atoms with Gasteiger partial charge in [0.2, 0.25) is 5.16 Å². The summed E-state index contributed by atoms with van der Waals surface area (Å²) >= 11 is 1.76. The highest BCUT2D eigenvalue weighted by atomic mass is 32.2. The molecule has 2 rings (SSSR count). The molecular formula is C12H17N3SSi. The molecule has 1 aromatic heterocycles. The van der Waals surface area contributed by atoms with E-state index in [0.717, 1.165) is 16.2 Å². The van der Waals surface area contributed by atoms with Crippen LogP contribution >= 0.6 is 11.8 Å². The van der Waals surface area contributed by atoms with Gasteiger partial charge in [-0.15, -0.1) is 5.10 Å². The second-order valence-corrected chi connectivity index (χ2v) is 12.1. The maximum Gasteiger partial charge on any atom is 0.208 e. The third kappa shape index (κ3) is 3.71. The number of benzene rings is 1. The van der Waals surface area contributed by atoms with E-state index in [1.54, 1.807) is 18.1 Å². The summed E-state index contributed by atoms with van der Waals surface area (Å²) in [6.07, 6.45) is 1.78. The third-order valence-corrected chi connectivity index (χ3v) is 6.61. The zero-order valence-corrected chi connectivity index (χ0v) is 12.2. The summed E-state index contributed by atoms with van der Waals surface area (Å²) in [6, 6.07) is 10.1. The van der Waals surface area contributed by atoms with Gasteiger partial charge in [-0.3, -0.25) is 0 Å². The largest absolute Gasteiger partial charge is 0.220 e. The highest BCUT2D eigenvalue weighted by Gasteiger charge is 2.14. The van der Waals surface area contributed by atoms with Crippen LogP contribution in [0.5, 0.6) is 0 Å². The molecule has 1 aromatic carbocycles. The van der Waals surface area contributed by atoms with Gasteiger partial charge < -0.3 is 0 Å². The molecule has 1 heterocycles. The molecule has 5 heteroatoms. The summed E-state index contributed by atoms with van der Waals surface area (Å²) in [7, 11) is -1.04. The summed E-state index contributed by atoms with van der Waals surface area (Å²) in [5.41, 5.74) is 1.06. The summed E-state index contributed by atoms with van der Waals surface area (Å²) in [6.45, 7) is 7.07. The highest BCUT2D eigenvalue weighted by Crippen LogP contribution is 2.18. The Hall–Kier alpha value is -1.07. The molecular weight excluding hydrogens is 246 g/mol. The van der Waals surface area contributed by atoms with Crippen molar-refractivity contribution in [3.8, 4) is 5.69 Å². The maximum absolute atomic E-state index is 4.47. The lowest BCUT2D eigenvalue weighted by atomic mass is 10.3. The van der Waals surface area contributed by atoms with Crippen molar-refractivity contribution in [1.29, 1.82) is 0 Å². The van der Waals surface area contributed by atoms with Crippen molar-refractivity contribution in [3.05, 3.63) is 36.7 Å². The van der Waals surface area contributed by atoms with Gasteiger partial charge in [-0.2, -0.15) is 0 Å². The van der Waals surface area contributed by atoms with Gasteiger partial charge in [0.15, 0.2) is 0 Å². The molecule has 0 atom stereocenters. The minimum Gasteiger partial charge on any atom is -0.220 e. The number of thioether (sulfide) groups is 1. The summed E-state index contributed by atoms with van der Waals surface area (Å²) in [5.74, 6) is 0. The van der Waals surface area contributed by atoms with E-state index in [4.69, 9.17) is 0 Å². The third-order valence-electron chi connectivity index (χ3n) is 2.13. The van der Waals surface area contributed by atoms with Crippen molar-refractivity contribution in [3.63, 3.8) is 0 Å². The number of hydrogen-bond acceptors (Lipinski definition) is 3. The number of aromatic nitrogens is 3. The fraction of sp³-hybridized carbons (Fsp3) is 0.333. The van der Waals surface area contributed by atoms with Crippen LogP contribution in [0.25, 0.3) is 5.69 Å². The van der Waals surface area contributed by atoms with Crippen LogP contribution in [0.4, 0.5) is 0 Å². The van der Waals surface area contributed by atoms with E-state index in [9.17, 15) is 0 Å². The fourth-order valence-electron chi connectivity index (χ4n) is 1.30. The second-order valence-electron chi connectivity index (χ2n) is 5.16. The smallest absolute Gasteiger partial charge is 0.208 e. The first-order chi connectivity index (χ1) is 8.04. The Morgan fingerprint density at radius 1 is 1.18 bits per heavy atom. The quantitative estimate of drug-likeness (QED) is 0.627. The highest BCUT2D eigenvalue weighted by molar-refractivity contribution is 8.00. The van der Waals surface area contributed by atoms with Crippen LogP contribution in [-0.2, 0) is 0 Å². The second kappa shape index (κ2) is 5.06. The van der Waals surface area contributed by atoms with Gasteiger partial charge in [0, 0.05) is 0 Å². The minimum atomic E-state index is -1.04. The molecule has 0 unspecified atom stereocenters. The average Bonchev–Trinajstić information content (AvgIpc) is 2.75. The molecule has 90 valence electrons. The van der Waals surface area contributed by atoms with Crippen LogP contribution in [0.1, 0.15) is 0 Å². The van der Waals surface area contributed by atoms with Gasteiger partial charge in [0.25, 0.3) is 0 Å². The van der Waals surface area contributed by atoms with Gasteiger partial charge in [-0.25, -0.2) is 9.67 Å². The normalized spacial score (nSPS) is 11.7. The Balaban J connectivity index is 2.07. The number of para-hydroxylation sites is 1. The molecule has 17 heavy (non-hydrogen) atoms. The number of rotatable bonds is 4. The Labute approximate surface area is 107 Å². The first kappa shape index (κ1) is 12.4.